The highest BCUT2D eigenvalue weighted by molar-refractivity contribution is 9.11. The monoisotopic (exact) mass is 563 g/mol. The van der Waals surface area contributed by atoms with Gasteiger partial charge in [0.2, 0.25) is 5.91 Å². The summed E-state index contributed by atoms with van der Waals surface area (Å²) < 4.78 is 7.18. The second-order valence-corrected chi connectivity index (χ2v) is 8.61. The van der Waals surface area contributed by atoms with Gasteiger partial charge in [-0.1, -0.05) is 36.4 Å². The number of nitrogens with one attached hydrogen (secondary N) is 1. The molecule has 0 aromatic heterocycles. The molecule has 3 N–H and O–H groups in total. The minimum atomic E-state index is -1.09. The third-order valence-corrected chi connectivity index (χ3v) is 5.39. The van der Waals surface area contributed by atoms with E-state index in [4.69, 9.17) is 9.84 Å². The minimum absolute atomic E-state index is 0.0438. The van der Waals surface area contributed by atoms with Crippen LogP contribution in [0.3, 0.4) is 0 Å². The molecule has 0 aliphatic heterocycles. The molecule has 0 saturated carbocycles. The van der Waals surface area contributed by atoms with Crippen molar-refractivity contribution < 1.29 is 24.5 Å². The van der Waals surface area contributed by atoms with E-state index in [1.54, 1.807) is 38.1 Å². The SMILES string of the molecule is Cc1cc(Oc2c(Br)cc(CC(=O)NCC(=O)O)cc2Br)cc(C)c1O.c1ccccc1. The number of aryl methyl sites for hydroxylation is 2. The van der Waals surface area contributed by atoms with Gasteiger partial charge in [-0.3, -0.25) is 9.59 Å². The van der Waals surface area contributed by atoms with Gasteiger partial charge in [-0.05, 0) is 86.7 Å². The van der Waals surface area contributed by atoms with E-state index >= 15 is 0 Å². The van der Waals surface area contributed by atoms with Crippen molar-refractivity contribution in [3.05, 3.63) is 86.3 Å². The summed E-state index contributed by atoms with van der Waals surface area (Å²) in [6, 6.07) is 18.9. The van der Waals surface area contributed by atoms with E-state index in [-0.39, 0.29) is 18.1 Å². The summed E-state index contributed by atoms with van der Waals surface area (Å²) in [7, 11) is 0. The Morgan fingerprint density at radius 3 is 1.81 bits per heavy atom. The maximum Gasteiger partial charge on any atom is 0.322 e. The van der Waals surface area contributed by atoms with Crippen LogP contribution in [-0.4, -0.2) is 28.6 Å². The largest absolute Gasteiger partial charge is 0.507 e. The third-order valence-electron chi connectivity index (χ3n) is 4.21. The van der Waals surface area contributed by atoms with E-state index in [2.05, 4.69) is 37.2 Å². The Balaban J connectivity index is 0.000000520. The molecule has 0 bridgehead atoms. The van der Waals surface area contributed by atoms with E-state index in [1.165, 1.54) is 0 Å². The maximum atomic E-state index is 11.8. The molecule has 1 amide bonds. The van der Waals surface area contributed by atoms with Crippen LogP contribution in [0.5, 0.6) is 17.2 Å². The van der Waals surface area contributed by atoms with Gasteiger partial charge in [0, 0.05) is 0 Å². The second kappa shape index (κ2) is 12.3. The minimum Gasteiger partial charge on any atom is -0.507 e. The van der Waals surface area contributed by atoms with E-state index in [0.717, 1.165) is 0 Å². The van der Waals surface area contributed by atoms with Crippen LogP contribution in [0.1, 0.15) is 16.7 Å². The van der Waals surface area contributed by atoms with Crippen molar-refractivity contribution in [3.8, 4) is 17.2 Å². The third kappa shape index (κ3) is 8.01. The Morgan fingerprint density at radius 2 is 1.38 bits per heavy atom. The standard InChI is InChI=1S/C18H17Br2NO5.C6H6/c1-9-3-12(4-10(2)17(9)25)26-18-13(19)5-11(6-14(18)20)7-15(22)21-8-16(23)24;1-2-4-6-5-3-1/h3-6,25H,7-8H2,1-2H3,(H,21,22)(H,23,24);1-6H. The zero-order valence-corrected chi connectivity index (χ0v) is 20.7. The molecule has 0 aliphatic carbocycles. The molecular weight excluding hydrogens is 542 g/mol. The van der Waals surface area contributed by atoms with Gasteiger partial charge in [-0.15, -0.1) is 0 Å². The molecule has 32 heavy (non-hydrogen) atoms. The first-order valence-corrected chi connectivity index (χ1v) is 11.2. The molecule has 0 radical (unpaired) electrons. The molecule has 0 fully saturated rings. The van der Waals surface area contributed by atoms with Crippen molar-refractivity contribution in [2.45, 2.75) is 20.3 Å². The molecule has 3 rings (SSSR count). The van der Waals surface area contributed by atoms with Gasteiger partial charge in [0.1, 0.15) is 18.0 Å². The molecule has 8 heteroatoms. The smallest absolute Gasteiger partial charge is 0.322 e. The number of hydrogen-bond acceptors (Lipinski definition) is 4. The number of aliphatic carboxylic acids is 1. The number of aromatic hydroxyl groups is 1. The Labute approximate surface area is 203 Å². The summed E-state index contributed by atoms with van der Waals surface area (Å²) in [4.78, 5) is 22.3. The number of ether oxygens (including phenoxy) is 1. The topological polar surface area (TPSA) is 95.9 Å². The number of rotatable bonds is 6. The van der Waals surface area contributed by atoms with Crippen LogP contribution in [0.4, 0.5) is 0 Å². The lowest BCUT2D eigenvalue weighted by atomic mass is 10.1. The van der Waals surface area contributed by atoms with Crippen molar-refractivity contribution in [3.63, 3.8) is 0 Å². The zero-order valence-electron chi connectivity index (χ0n) is 17.6. The molecule has 3 aromatic rings. The first-order chi connectivity index (χ1) is 15.2. The van der Waals surface area contributed by atoms with Gasteiger partial charge in [0.25, 0.3) is 0 Å². The van der Waals surface area contributed by atoms with Gasteiger partial charge in [-0.2, -0.15) is 0 Å². The van der Waals surface area contributed by atoms with Crippen LogP contribution >= 0.6 is 31.9 Å². The van der Waals surface area contributed by atoms with Crippen LogP contribution in [-0.2, 0) is 16.0 Å². The van der Waals surface area contributed by atoms with Crippen LogP contribution in [0.25, 0.3) is 0 Å². The number of carbonyl (C=O) groups excluding carboxylic acids is 1. The lowest BCUT2D eigenvalue weighted by Gasteiger charge is -2.14. The predicted octanol–water partition coefficient (Wildman–Crippen LogP) is 5.76. The quantitative estimate of drug-likeness (QED) is 0.354. The number of phenols is 1. The molecule has 0 aliphatic rings. The Bertz CT molecular complexity index is 1010. The van der Waals surface area contributed by atoms with E-state index < -0.39 is 12.5 Å². The lowest BCUT2D eigenvalue weighted by Crippen LogP contribution is -2.30. The average molecular weight is 565 g/mol. The summed E-state index contributed by atoms with van der Waals surface area (Å²) in [5.41, 5.74) is 2.11. The summed E-state index contributed by atoms with van der Waals surface area (Å²) in [6.45, 7) is 3.16. The number of carboxylic acids is 1. The summed E-state index contributed by atoms with van der Waals surface area (Å²) in [5, 5.41) is 20.8. The van der Waals surface area contributed by atoms with E-state index in [0.29, 0.717) is 37.1 Å². The predicted molar refractivity (Wildman–Crippen MR) is 130 cm³/mol. The number of amides is 1. The normalized spacial score (nSPS) is 10.0. The first kappa shape index (κ1) is 25.4. The zero-order chi connectivity index (χ0) is 23.7. The van der Waals surface area contributed by atoms with Crippen LogP contribution < -0.4 is 10.1 Å². The highest BCUT2D eigenvalue weighted by Crippen LogP contribution is 2.39. The highest BCUT2D eigenvalue weighted by Gasteiger charge is 2.14. The van der Waals surface area contributed by atoms with Crippen molar-refractivity contribution >= 4 is 43.7 Å². The van der Waals surface area contributed by atoms with Gasteiger partial charge in [0.15, 0.2) is 5.75 Å². The number of halogens is 2. The number of phenolic OH excluding ortho intramolecular Hbond substituents is 1. The summed E-state index contributed by atoms with van der Waals surface area (Å²) in [6.07, 6.45) is 0.0438. The van der Waals surface area contributed by atoms with Gasteiger partial charge in [0.05, 0.1) is 15.4 Å². The Morgan fingerprint density at radius 1 is 0.906 bits per heavy atom. The number of carbonyl (C=O) groups is 2. The molecule has 168 valence electrons. The van der Waals surface area contributed by atoms with Crippen molar-refractivity contribution in [2.24, 2.45) is 0 Å². The van der Waals surface area contributed by atoms with Gasteiger partial charge < -0.3 is 20.3 Å². The van der Waals surface area contributed by atoms with Crippen molar-refractivity contribution in [1.29, 1.82) is 0 Å². The van der Waals surface area contributed by atoms with Crippen molar-refractivity contribution in [1.82, 2.24) is 5.32 Å². The van der Waals surface area contributed by atoms with Crippen LogP contribution in [0, 0.1) is 13.8 Å². The second-order valence-electron chi connectivity index (χ2n) is 6.90. The van der Waals surface area contributed by atoms with Gasteiger partial charge >= 0.3 is 5.97 Å². The molecule has 3 aromatic carbocycles. The van der Waals surface area contributed by atoms with Gasteiger partial charge in [-0.25, -0.2) is 0 Å². The fraction of sp³-hybridized carbons (Fsp3) is 0.167. The van der Waals surface area contributed by atoms with E-state index in [1.807, 2.05) is 36.4 Å². The molecular formula is C24H23Br2NO5. The number of carboxylic acid groups (broad SMARTS) is 1. The number of benzene rings is 3. The average Bonchev–Trinajstić information content (AvgIpc) is 2.75. The molecule has 6 nitrogen and oxygen atoms in total. The van der Waals surface area contributed by atoms with Crippen LogP contribution in [0.2, 0.25) is 0 Å². The molecule has 0 spiro atoms. The molecule has 0 saturated heterocycles. The van der Waals surface area contributed by atoms with Crippen LogP contribution in [0.15, 0.2) is 69.6 Å². The Kier molecular flexibility index (Phi) is 9.74. The maximum absolute atomic E-state index is 11.8. The summed E-state index contributed by atoms with van der Waals surface area (Å²) >= 11 is 6.86. The molecule has 0 atom stereocenters. The fourth-order valence-electron chi connectivity index (χ4n) is 2.71. The lowest BCUT2D eigenvalue weighted by molar-refractivity contribution is -0.137. The van der Waals surface area contributed by atoms with E-state index in [9.17, 15) is 14.7 Å². The first-order valence-electron chi connectivity index (χ1n) is 9.62. The fourth-order valence-corrected chi connectivity index (χ4v) is 4.16. The Hall–Kier alpha value is -2.84. The molecule has 0 unspecified atom stereocenters. The highest BCUT2D eigenvalue weighted by atomic mass is 79.9. The molecule has 0 heterocycles. The van der Waals surface area contributed by atoms with Crippen molar-refractivity contribution in [2.75, 3.05) is 6.54 Å². The number of hydrogen-bond donors (Lipinski definition) is 3. The summed E-state index contributed by atoms with van der Waals surface area (Å²) in [5.74, 6) is -0.137.